The molecule has 2 aromatic carbocycles. The molecule has 2 aromatic rings. The minimum Gasteiger partial charge on any atom is -0.496 e. The number of carboxylic acid groups (broad SMARTS) is 1. The van der Waals surface area contributed by atoms with Crippen molar-refractivity contribution in [3.05, 3.63) is 64.4 Å². The van der Waals surface area contributed by atoms with Gasteiger partial charge in [0.1, 0.15) is 11.6 Å². The lowest BCUT2D eigenvalue weighted by Crippen LogP contribution is -2.39. The van der Waals surface area contributed by atoms with Gasteiger partial charge in [-0.2, -0.15) is 0 Å². The molecular weight excluding hydrogens is 357 g/mol. The van der Waals surface area contributed by atoms with Crippen LogP contribution in [0.25, 0.3) is 0 Å². The number of rotatable bonds is 5. The Labute approximate surface area is 157 Å². The highest BCUT2D eigenvalue weighted by molar-refractivity contribution is 6.30. The zero-order valence-electron chi connectivity index (χ0n) is 14.5. The van der Waals surface area contributed by atoms with Gasteiger partial charge in [-0.25, -0.2) is 4.39 Å². The predicted molar refractivity (Wildman–Crippen MR) is 98.2 cm³/mol. The fourth-order valence-corrected chi connectivity index (χ4v) is 3.76. The first-order valence-corrected chi connectivity index (χ1v) is 8.93. The lowest BCUT2D eigenvalue weighted by atomic mass is 9.90. The molecule has 0 spiro atoms. The first-order valence-electron chi connectivity index (χ1n) is 8.56. The average Bonchev–Trinajstić information content (AvgIpc) is 2.64. The number of hydrogen-bond acceptors (Lipinski definition) is 3. The third-order valence-electron chi connectivity index (χ3n) is 4.93. The second kappa shape index (κ2) is 8.06. The minimum atomic E-state index is -0.771. The summed E-state index contributed by atoms with van der Waals surface area (Å²) in [5, 5.41) is 9.79. The molecule has 1 unspecified atom stereocenters. The van der Waals surface area contributed by atoms with Crippen LogP contribution in [0, 0.1) is 11.7 Å². The first kappa shape index (κ1) is 18.7. The van der Waals surface area contributed by atoms with Gasteiger partial charge in [0, 0.05) is 16.1 Å². The van der Waals surface area contributed by atoms with E-state index >= 15 is 0 Å². The van der Waals surface area contributed by atoms with E-state index in [1.165, 1.54) is 6.07 Å². The number of halogens is 2. The molecule has 138 valence electrons. The molecule has 4 nitrogen and oxygen atoms in total. The van der Waals surface area contributed by atoms with Crippen molar-refractivity contribution in [2.24, 2.45) is 5.92 Å². The molecule has 1 atom stereocenters. The summed E-state index contributed by atoms with van der Waals surface area (Å²) in [4.78, 5) is 13.4. The van der Waals surface area contributed by atoms with Gasteiger partial charge >= 0.3 is 5.97 Å². The topological polar surface area (TPSA) is 49.8 Å². The highest BCUT2D eigenvalue weighted by Crippen LogP contribution is 2.39. The summed E-state index contributed by atoms with van der Waals surface area (Å²) in [6, 6.07) is 11.6. The molecule has 0 amide bonds. The molecule has 0 aliphatic carbocycles. The van der Waals surface area contributed by atoms with Crippen molar-refractivity contribution in [2.75, 3.05) is 20.2 Å². The van der Waals surface area contributed by atoms with Crippen LogP contribution in [0.2, 0.25) is 5.02 Å². The fourth-order valence-electron chi connectivity index (χ4n) is 3.58. The summed E-state index contributed by atoms with van der Waals surface area (Å²) in [7, 11) is 1.57. The van der Waals surface area contributed by atoms with Crippen LogP contribution < -0.4 is 4.74 Å². The van der Waals surface area contributed by atoms with Crippen molar-refractivity contribution < 1.29 is 19.0 Å². The maximum absolute atomic E-state index is 14.6. The van der Waals surface area contributed by atoms with Crippen molar-refractivity contribution in [1.82, 2.24) is 4.90 Å². The molecule has 1 aliphatic rings. The van der Waals surface area contributed by atoms with Crippen molar-refractivity contribution >= 4 is 17.6 Å². The highest BCUT2D eigenvalue weighted by atomic mass is 35.5. The molecule has 26 heavy (non-hydrogen) atoms. The lowest BCUT2D eigenvalue weighted by Gasteiger charge is -2.37. The van der Waals surface area contributed by atoms with Crippen LogP contribution in [0.15, 0.2) is 42.5 Å². The van der Waals surface area contributed by atoms with E-state index in [0.717, 1.165) is 5.56 Å². The zero-order chi connectivity index (χ0) is 18.7. The summed E-state index contributed by atoms with van der Waals surface area (Å²) in [6.45, 7) is 1.12. The van der Waals surface area contributed by atoms with Crippen LogP contribution >= 0.6 is 11.6 Å². The summed E-state index contributed by atoms with van der Waals surface area (Å²) in [6.07, 6.45) is 1.06. The van der Waals surface area contributed by atoms with Crippen molar-refractivity contribution in [2.45, 2.75) is 18.9 Å². The van der Waals surface area contributed by atoms with Gasteiger partial charge in [0.15, 0.2) is 0 Å². The predicted octanol–water partition coefficient (Wildman–Crippen LogP) is 4.37. The van der Waals surface area contributed by atoms with Crippen molar-refractivity contribution in [3.63, 3.8) is 0 Å². The molecule has 1 heterocycles. The number of methoxy groups -OCH3 is 1. The van der Waals surface area contributed by atoms with E-state index in [9.17, 15) is 14.3 Å². The summed E-state index contributed by atoms with van der Waals surface area (Å²) >= 11 is 6.20. The molecule has 0 aromatic heterocycles. The molecule has 1 fully saturated rings. The van der Waals surface area contributed by atoms with Gasteiger partial charge in [0.25, 0.3) is 0 Å². The normalized spacial score (nSPS) is 17.0. The SMILES string of the molecule is COc1ccc(Cl)cc1C(c1ccccc1F)N1CCC(C(=O)O)CC1. The number of carboxylic acids is 1. The van der Waals surface area contributed by atoms with Crippen LogP contribution in [-0.4, -0.2) is 36.2 Å². The Morgan fingerprint density at radius 1 is 1.23 bits per heavy atom. The molecule has 1 N–H and O–H groups in total. The molecule has 3 rings (SSSR count). The van der Waals surface area contributed by atoms with E-state index in [4.69, 9.17) is 16.3 Å². The Bertz CT molecular complexity index is 790. The molecule has 1 aliphatic heterocycles. The van der Waals surface area contributed by atoms with Gasteiger partial charge in [-0.05, 0) is 50.2 Å². The monoisotopic (exact) mass is 377 g/mol. The second-order valence-electron chi connectivity index (χ2n) is 6.46. The molecule has 6 heteroatoms. The van der Waals surface area contributed by atoms with E-state index in [1.54, 1.807) is 43.5 Å². The minimum absolute atomic E-state index is 0.306. The Morgan fingerprint density at radius 2 is 1.92 bits per heavy atom. The maximum atomic E-state index is 14.6. The van der Waals surface area contributed by atoms with Gasteiger partial charge in [-0.1, -0.05) is 29.8 Å². The zero-order valence-corrected chi connectivity index (χ0v) is 15.2. The lowest BCUT2D eigenvalue weighted by molar-refractivity contribution is -0.143. The molecule has 0 saturated carbocycles. The largest absolute Gasteiger partial charge is 0.496 e. The number of ether oxygens (including phenoxy) is 1. The third kappa shape index (κ3) is 3.84. The van der Waals surface area contributed by atoms with Crippen LogP contribution in [0.3, 0.4) is 0 Å². The van der Waals surface area contributed by atoms with Crippen molar-refractivity contribution in [1.29, 1.82) is 0 Å². The Hall–Kier alpha value is -2.11. The maximum Gasteiger partial charge on any atom is 0.306 e. The van der Waals surface area contributed by atoms with Gasteiger partial charge in [-0.15, -0.1) is 0 Å². The quantitative estimate of drug-likeness (QED) is 0.840. The van der Waals surface area contributed by atoms with Gasteiger partial charge < -0.3 is 9.84 Å². The number of likely N-dealkylation sites (tertiary alicyclic amines) is 1. The molecule has 0 bridgehead atoms. The number of carbonyl (C=O) groups is 1. The highest BCUT2D eigenvalue weighted by Gasteiger charge is 2.32. The van der Waals surface area contributed by atoms with Crippen LogP contribution in [-0.2, 0) is 4.79 Å². The van der Waals surface area contributed by atoms with E-state index in [-0.39, 0.29) is 17.8 Å². The summed E-state index contributed by atoms with van der Waals surface area (Å²) in [5.74, 6) is -0.802. The number of benzene rings is 2. The standard InChI is InChI=1S/C20H21ClFNO3/c1-26-18-7-6-14(21)12-16(18)19(15-4-2-3-5-17(15)22)23-10-8-13(9-11-23)20(24)25/h2-7,12-13,19H,8-11H2,1H3,(H,24,25). The van der Waals surface area contributed by atoms with E-state index < -0.39 is 5.97 Å². The van der Waals surface area contributed by atoms with Gasteiger partial charge in [-0.3, -0.25) is 9.69 Å². The molecule has 0 radical (unpaired) electrons. The number of nitrogens with zero attached hydrogens (tertiary/aromatic N) is 1. The average molecular weight is 378 g/mol. The van der Waals surface area contributed by atoms with E-state index in [0.29, 0.717) is 42.3 Å². The summed E-state index contributed by atoms with van der Waals surface area (Å²) in [5.41, 5.74) is 1.31. The van der Waals surface area contributed by atoms with Gasteiger partial charge in [0.05, 0.1) is 19.1 Å². The Kier molecular flexibility index (Phi) is 5.79. The van der Waals surface area contributed by atoms with Crippen LogP contribution in [0.5, 0.6) is 5.75 Å². The van der Waals surface area contributed by atoms with Crippen LogP contribution in [0.4, 0.5) is 4.39 Å². The van der Waals surface area contributed by atoms with E-state index in [1.807, 2.05) is 0 Å². The third-order valence-corrected chi connectivity index (χ3v) is 5.17. The smallest absolute Gasteiger partial charge is 0.306 e. The van der Waals surface area contributed by atoms with Gasteiger partial charge in [0.2, 0.25) is 0 Å². The van der Waals surface area contributed by atoms with Crippen LogP contribution in [0.1, 0.15) is 30.0 Å². The first-order chi connectivity index (χ1) is 12.5. The Balaban J connectivity index is 2.03. The fraction of sp³-hybridized carbons (Fsp3) is 0.350. The summed E-state index contributed by atoms with van der Waals surface area (Å²) < 4.78 is 20.1. The second-order valence-corrected chi connectivity index (χ2v) is 6.90. The molecule has 1 saturated heterocycles. The molecular formula is C20H21ClFNO3. The Morgan fingerprint density at radius 3 is 2.54 bits per heavy atom. The van der Waals surface area contributed by atoms with E-state index in [2.05, 4.69) is 4.90 Å². The number of hydrogen-bond donors (Lipinski definition) is 1. The van der Waals surface area contributed by atoms with Crippen molar-refractivity contribution in [3.8, 4) is 5.75 Å². The number of piperidine rings is 1. The number of aliphatic carboxylic acids is 1.